The van der Waals surface area contributed by atoms with E-state index in [2.05, 4.69) is 5.32 Å². The number of methoxy groups -OCH3 is 2. The SMILES string of the molecule is COCCCNC(=O)CN1C(=O)CS[C@@H](c2ccc(F)cc2F)c2c(C(C)(C)C)nn(-c3ccc(OC)cc3)c21. The van der Waals surface area contributed by atoms with Gasteiger partial charge in [-0.05, 0) is 36.8 Å². The van der Waals surface area contributed by atoms with E-state index in [9.17, 15) is 14.0 Å². The average molecular weight is 573 g/mol. The lowest BCUT2D eigenvalue weighted by molar-refractivity contribution is -0.122. The lowest BCUT2D eigenvalue weighted by Gasteiger charge is -2.24. The van der Waals surface area contributed by atoms with Crippen molar-refractivity contribution in [3.05, 3.63) is 70.9 Å². The lowest BCUT2D eigenvalue weighted by atomic mass is 9.87. The number of fused-ring (bicyclic) bond motifs is 1. The monoisotopic (exact) mass is 572 g/mol. The van der Waals surface area contributed by atoms with Crippen molar-refractivity contribution in [2.75, 3.05) is 44.6 Å². The van der Waals surface area contributed by atoms with E-state index in [4.69, 9.17) is 14.6 Å². The van der Waals surface area contributed by atoms with Gasteiger partial charge in [0.25, 0.3) is 0 Å². The molecular weight excluding hydrogens is 538 g/mol. The van der Waals surface area contributed by atoms with Gasteiger partial charge in [-0.25, -0.2) is 13.5 Å². The Bertz CT molecular complexity index is 1370. The smallest absolute Gasteiger partial charge is 0.240 e. The molecule has 1 aliphatic heterocycles. The first-order valence-corrected chi connectivity index (χ1v) is 14.0. The molecule has 0 saturated carbocycles. The maximum Gasteiger partial charge on any atom is 0.240 e. The zero-order valence-electron chi connectivity index (χ0n) is 23.3. The molecule has 4 rings (SSSR count). The van der Waals surface area contributed by atoms with E-state index >= 15 is 4.39 Å². The Morgan fingerprint density at radius 1 is 1.15 bits per heavy atom. The first-order chi connectivity index (χ1) is 19.0. The molecule has 40 heavy (non-hydrogen) atoms. The maximum absolute atomic E-state index is 15.2. The molecule has 11 heteroatoms. The lowest BCUT2D eigenvalue weighted by Crippen LogP contribution is -2.42. The summed E-state index contributed by atoms with van der Waals surface area (Å²) in [5.74, 6) is -1.05. The Balaban J connectivity index is 1.92. The molecule has 2 heterocycles. The van der Waals surface area contributed by atoms with Crippen molar-refractivity contribution in [1.29, 1.82) is 0 Å². The first-order valence-electron chi connectivity index (χ1n) is 13.0. The minimum absolute atomic E-state index is 0.0146. The highest BCUT2D eigenvalue weighted by molar-refractivity contribution is 8.00. The van der Waals surface area contributed by atoms with Crippen LogP contribution in [-0.2, 0) is 19.7 Å². The highest BCUT2D eigenvalue weighted by atomic mass is 32.2. The Kier molecular flexibility index (Phi) is 9.15. The second kappa shape index (κ2) is 12.4. The standard InChI is InChI=1S/C29H34F2N4O4S/c1-29(2,3)27-25-26(21-12-7-18(30)15-22(21)31)40-17-24(37)34(16-23(36)32-13-6-14-38-4)28(25)35(33-27)19-8-10-20(39-5)11-9-19/h7-12,15,26H,6,13-14,16-17H2,1-5H3,(H,32,36)/t26-/m0/s1. The van der Waals surface area contributed by atoms with E-state index in [0.717, 1.165) is 6.07 Å². The van der Waals surface area contributed by atoms with Gasteiger partial charge in [-0.15, -0.1) is 11.8 Å². The van der Waals surface area contributed by atoms with Crippen molar-refractivity contribution >= 4 is 29.4 Å². The van der Waals surface area contributed by atoms with Gasteiger partial charge in [0.1, 0.15) is 29.7 Å². The molecule has 1 N–H and O–H groups in total. The quantitative estimate of drug-likeness (QED) is 0.372. The molecule has 0 spiro atoms. The van der Waals surface area contributed by atoms with Gasteiger partial charge in [0.05, 0.1) is 29.5 Å². The van der Waals surface area contributed by atoms with E-state index in [1.165, 1.54) is 28.8 Å². The van der Waals surface area contributed by atoms with E-state index in [1.54, 1.807) is 43.2 Å². The average Bonchev–Trinajstić information content (AvgIpc) is 3.25. The molecule has 3 aromatic rings. The second-order valence-electron chi connectivity index (χ2n) is 10.5. The van der Waals surface area contributed by atoms with Crippen LogP contribution >= 0.6 is 11.8 Å². The van der Waals surface area contributed by atoms with Crippen LogP contribution in [0.4, 0.5) is 14.6 Å². The summed E-state index contributed by atoms with van der Waals surface area (Å²) >= 11 is 1.23. The number of benzene rings is 2. The van der Waals surface area contributed by atoms with Crippen LogP contribution in [-0.4, -0.2) is 61.3 Å². The van der Waals surface area contributed by atoms with Crippen LogP contribution in [0.5, 0.6) is 5.75 Å². The molecule has 0 aliphatic carbocycles. The van der Waals surface area contributed by atoms with Crippen LogP contribution in [0.25, 0.3) is 5.69 Å². The maximum atomic E-state index is 15.2. The molecular formula is C29H34F2N4O4S. The number of thioether (sulfide) groups is 1. The fraction of sp³-hybridized carbons (Fsp3) is 0.414. The largest absolute Gasteiger partial charge is 0.497 e. The van der Waals surface area contributed by atoms with E-state index in [0.29, 0.717) is 48.1 Å². The van der Waals surface area contributed by atoms with Gasteiger partial charge in [0.2, 0.25) is 11.8 Å². The van der Waals surface area contributed by atoms with Crippen molar-refractivity contribution in [3.8, 4) is 11.4 Å². The molecule has 1 aromatic heterocycles. The van der Waals surface area contributed by atoms with Gasteiger partial charge in [0.15, 0.2) is 0 Å². The summed E-state index contributed by atoms with van der Waals surface area (Å²) in [7, 11) is 3.15. The summed E-state index contributed by atoms with van der Waals surface area (Å²) in [5.41, 5.74) is 1.61. The van der Waals surface area contributed by atoms with Gasteiger partial charge in [-0.3, -0.25) is 14.5 Å². The molecule has 8 nitrogen and oxygen atoms in total. The number of carbonyl (C=O) groups is 2. The summed E-state index contributed by atoms with van der Waals surface area (Å²) in [6.07, 6.45) is 0.626. The predicted molar refractivity (Wildman–Crippen MR) is 151 cm³/mol. The van der Waals surface area contributed by atoms with Crippen LogP contribution in [0.15, 0.2) is 42.5 Å². The molecule has 0 radical (unpaired) electrons. The zero-order chi connectivity index (χ0) is 29.0. The van der Waals surface area contributed by atoms with Crippen LogP contribution in [0, 0.1) is 11.6 Å². The molecule has 0 unspecified atom stereocenters. The van der Waals surface area contributed by atoms with Crippen LogP contribution in [0.2, 0.25) is 0 Å². The summed E-state index contributed by atoms with van der Waals surface area (Å²) in [5, 5.41) is 7.12. The van der Waals surface area contributed by atoms with Gasteiger partial charge < -0.3 is 14.8 Å². The molecule has 1 atom stereocenters. The van der Waals surface area contributed by atoms with Crippen LogP contribution in [0.3, 0.4) is 0 Å². The Morgan fingerprint density at radius 3 is 2.50 bits per heavy atom. The third kappa shape index (κ3) is 6.31. The van der Waals surface area contributed by atoms with Crippen molar-refractivity contribution in [3.63, 3.8) is 0 Å². The van der Waals surface area contributed by atoms with Crippen molar-refractivity contribution in [2.24, 2.45) is 0 Å². The molecule has 1 aliphatic rings. The predicted octanol–water partition coefficient (Wildman–Crippen LogP) is 4.78. The summed E-state index contributed by atoms with van der Waals surface area (Å²) in [6, 6.07) is 10.6. The second-order valence-corrected chi connectivity index (χ2v) is 11.6. The molecule has 2 amide bonds. The number of anilines is 1. The number of rotatable bonds is 9. The number of ether oxygens (including phenoxy) is 2. The van der Waals surface area contributed by atoms with Gasteiger partial charge in [0, 0.05) is 42.9 Å². The van der Waals surface area contributed by atoms with Gasteiger partial charge in [-0.2, -0.15) is 5.10 Å². The van der Waals surface area contributed by atoms with Crippen molar-refractivity contribution in [1.82, 2.24) is 15.1 Å². The van der Waals surface area contributed by atoms with Crippen molar-refractivity contribution < 1.29 is 27.8 Å². The number of carbonyl (C=O) groups excluding carboxylic acids is 2. The van der Waals surface area contributed by atoms with Crippen molar-refractivity contribution in [2.45, 2.75) is 37.9 Å². The zero-order valence-corrected chi connectivity index (χ0v) is 24.1. The number of nitrogens with zero attached hydrogens (tertiary/aromatic N) is 3. The number of hydrogen-bond donors (Lipinski definition) is 1. The molecule has 214 valence electrons. The Morgan fingerprint density at radius 2 is 1.88 bits per heavy atom. The number of halogens is 2. The number of nitrogens with one attached hydrogen (secondary N) is 1. The molecule has 2 aromatic carbocycles. The Hall–Kier alpha value is -3.44. The third-order valence-corrected chi connectivity index (χ3v) is 7.75. The fourth-order valence-electron chi connectivity index (χ4n) is 4.58. The number of hydrogen-bond acceptors (Lipinski definition) is 6. The fourth-order valence-corrected chi connectivity index (χ4v) is 5.80. The number of amides is 2. The third-order valence-electron chi connectivity index (χ3n) is 6.51. The topological polar surface area (TPSA) is 85.7 Å². The van der Waals surface area contributed by atoms with E-state index in [1.807, 2.05) is 20.8 Å². The van der Waals surface area contributed by atoms with Gasteiger partial charge in [-0.1, -0.05) is 26.8 Å². The summed E-state index contributed by atoms with van der Waals surface area (Å²) in [6.45, 7) is 6.59. The molecule has 0 fully saturated rings. The molecule has 0 saturated heterocycles. The van der Waals surface area contributed by atoms with Crippen LogP contribution in [0.1, 0.15) is 49.3 Å². The summed E-state index contributed by atoms with van der Waals surface area (Å²) in [4.78, 5) is 28.1. The number of aromatic nitrogens is 2. The van der Waals surface area contributed by atoms with E-state index in [-0.39, 0.29) is 29.7 Å². The van der Waals surface area contributed by atoms with Gasteiger partial charge >= 0.3 is 0 Å². The first kappa shape index (κ1) is 29.5. The minimum Gasteiger partial charge on any atom is -0.497 e. The van der Waals surface area contributed by atoms with E-state index < -0.39 is 22.3 Å². The summed E-state index contributed by atoms with van der Waals surface area (Å²) < 4.78 is 41.1. The Labute approximate surface area is 237 Å². The highest BCUT2D eigenvalue weighted by Crippen LogP contribution is 2.49. The normalized spacial score (nSPS) is 15.5. The molecule has 0 bridgehead atoms. The minimum atomic E-state index is -0.711. The highest BCUT2D eigenvalue weighted by Gasteiger charge is 2.40. The van der Waals surface area contributed by atoms with Crippen LogP contribution < -0.4 is 15.0 Å².